The molecule has 0 spiro atoms. The zero-order chi connectivity index (χ0) is 19.2. The number of morpholine rings is 1. The Labute approximate surface area is 160 Å². The Morgan fingerprint density at radius 1 is 1.26 bits per heavy atom. The summed E-state index contributed by atoms with van der Waals surface area (Å²) in [6.45, 7) is 2.47. The van der Waals surface area contributed by atoms with Crippen LogP contribution in [0.4, 0.5) is 17.1 Å². The number of nitrogens with one attached hydrogen (secondary N) is 1. The number of rotatable bonds is 6. The van der Waals surface area contributed by atoms with E-state index in [0.29, 0.717) is 23.9 Å². The second kappa shape index (κ2) is 8.70. The summed E-state index contributed by atoms with van der Waals surface area (Å²) in [7, 11) is 0. The molecule has 1 aliphatic rings. The largest absolute Gasteiger partial charge is 0.477 e. The summed E-state index contributed by atoms with van der Waals surface area (Å²) in [5, 5.41) is 14.1. The Morgan fingerprint density at radius 3 is 2.70 bits per heavy atom. The van der Waals surface area contributed by atoms with Gasteiger partial charge in [0.15, 0.2) is 12.4 Å². The van der Waals surface area contributed by atoms with E-state index in [-0.39, 0.29) is 18.0 Å². The Bertz CT molecular complexity index is 839. The molecule has 1 heterocycles. The molecule has 0 aliphatic carbocycles. The van der Waals surface area contributed by atoms with Crippen molar-refractivity contribution in [3.05, 3.63) is 57.6 Å². The van der Waals surface area contributed by atoms with Gasteiger partial charge in [-0.05, 0) is 24.3 Å². The standard InChI is InChI=1S/C18H18ClN3O5/c19-14-11-13(5-6-15(14)21-7-9-26-10-8-21)20-18(23)12-27-17-4-2-1-3-16(17)22(24)25/h1-6,11H,7-10,12H2,(H,20,23). The first-order valence-corrected chi connectivity index (χ1v) is 8.70. The molecular weight excluding hydrogens is 374 g/mol. The first-order valence-electron chi connectivity index (χ1n) is 8.33. The topological polar surface area (TPSA) is 93.9 Å². The van der Waals surface area contributed by atoms with E-state index in [1.165, 1.54) is 18.2 Å². The van der Waals surface area contributed by atoms with Gasteiger partial charge in [0.2, 0.25) is 0 Å². The Kier molecular flexibility index (Phi) is 6.10. The second-order valence-corrected chi connectivity index (χ2v) is 6.23. The van der Waals surface area contributed by atoms with Crippen LogP contribution in [0.15, 0.2) is 42.5 Å². The molecule has 0 atom stereocenters. The zero-order valence-electron chi connectivity index (χ0n) is 14.4. The lowest BCUT2D eigenvalue weighted by molar-refractivity contribution is -0.385. The summed E-state index contributed by atoms with van der Waals surface area (Å²) in [5.41, 5.74) is 1.21. The van der Waals surface area contributed by atoms with Gasteiger partial charge in [0, 0.05) is 24.8 Å². The molecule has 1 aliphatic heterocycles. The second-order valence-electron chi connectivity index (χ2n) is 5.83. The normalized spacial score (nSPS) is 13.9. The molecule has 0 bridgehead atoms. The van der Waals surface area contributed by atoms with Gasteiger partial charge >= 0.3 is 5.69 Å². The fourth-order valence-corrected chi connectivity index (χ4v) is 3.02. The van der Waals surface area contributed by atoms with Gasteiger partial charge in [-0.1, -0.05) is 23.7 Å². The molecular formula is C18H18ClN3O5. The third-order valence-corrected chi connectivity index (χ3v) is 4.31. The van der Waals surface area contributed by atoms with E-state index >= 15 is 0 Å². The summed E-state index contributed by atoms with van der Waals surface area (Å²) in [5.74, 6) is -0.401. The molecule has 3 rings (SSSR count). The SMILES string of the molecule is O=C(COc1ccccc1[N+](=O)[O-])Nc1ccc(N2CCOCC2)c(Cl)c1. The molecule has 8 nitrogen and oxygen atoms in total. The van der Waals surface area contributed by atoms with Crippen molar-refractivity contribution in [3.63, 3.8) is 0 Å². The molecule has 2 aromatic carbocycles. The van der Waals surface area contributed by atoms with Gasteiger partial charge in [0.25, 0.3) is 5.91 Å². The van der Waals surface area contributed by atoms with Gasteiger partial charge in [0.05, 0.1) is 28.8 Å². The summed E-state index contributed by atoms with van der Waals surface area (Å²) in [4.78, 5) is 24.6. The van der Waals surface area contributed by atoms with E-state index in [0.717, 1.165) is 18.8 Å². The third-order valence-electron chi connectivity index (χ3n) is 4.00. The average Bonchev–Trinajstić information content (AvgIpc) is 2.67. The minimum Gasteiger partial charge on any atom is -0.477 e. The summed E-state index contributed by atoms with van der Waals surface area (Å²) in [6, 6.07) is 11.1. The predicted octanol–water partition coefficient (Wildman–Crippen LogP) is 3.10. The summed E-state index contributed by atoms with van der Waals surface area (Å²) in [6.07, 6.45) is 0. The number of carbonyl (C=O) groups excluding carboxylic acids is 1. The van der Waals surface area contributed by atoms with Crippen molar-refractivity contribution in [2.75, 3.05) is 43.1 Å². The molecule has 0 aromatic heterocycles. The van der Waals surface area contributed by atoms with Gasteiger partial charge in [-0.15, -0.1) is 0 Å². The van der Waals surface area contributed by atoms with Crippen LogP contribution < -0.4 is 15.0 Å². The van der Waals surface area contributed by atoms with Gasteiger partial charge in [-0.2, -0.15) is 0 Å². The van der Waals surface area contributed by atoms with Crippen molar-refractivity contribution in [2.45, 2.75) is 0 Å². The van der Waals surface area contributed by atoms with E-state index in [2.05, 4.69) is 10.2 Å². The number of amides is 1. The molecule has 1 N–H and O–H groups in total. The monoisotopic (exact) mass is 391 g/mol. The Morgan fingerprint density at radius 2 is 2.00 bits per heavy atom. The summed E-state index contributed by atoms with van der Waals surface area (Å²) >= 11 is 6.33. The Balaban J connectivity index is 1.59. The van der Waals surface area contributed by atoms with Crippen LogP contribution in [-0.2, 0) is 9.53 Å². The van der Waals surface area contributed by atoms with Crippen LogP contribution in [-0.4, -0.2) is 43.7 Å². The number of benzene rings is 2. The maximum Gasteiger partial charge on any atom is 0.310 e. The van der Waals surface area contributed by atoms with Gasteiger partial charge in [-0.25, -0.2) is 0 Å². The van der Waals surface area contributed by atoms with Gasteiger partial charge in [0.1, 0.15) is 0 Å². The minimum atomic E-state index is -0.558. The van der Waals surface area contributed by atoms with E-state index in [4.69, 9.17) is 21.1 Å². The molecule has 1 saturated heterocycles. The number of anilines is 2. The molecule has 142 valence electrons. The quantitative estimate of drug-likeness (QED) is 0.600. The van der Waals surface area contributed by atoms with Gasteiger partial charge in [-0.3, -0.25) is 14.9 Å². The molecule has 0 saturated carbocycles. The highest BCUT2D eigenvalue weighted by Gasteiger charge is 2.16. The van der Waals surface area contributed by atoms with Crippen molar-refractivity contribution >= 4 is 34.6 Å². The molecule has 1 amide bonds. The highest BCUT2D eigenvalue weighted by atomic mass is 35.5. The average molecular weight is 392 g/mol. The highest BCUT2D eigenvalue weighted by Crippen LogP contribution is 2.29. The Hall–Kier alpha value is -2.84. The molecule has 0 radical (unpaired) electrons. The number of halogens is 1. The molecule has 27 heavy (non-hydrogen) atoms. The van der Waals surface area contributed by atoms with Gasteiger partial charge < -0.3 is 19.7 Å². The molecule has 0 unspecified atom stereocenters. The fourth-order valence-electron chi connectivity index (χ4n) is 2.72. The van der Waals surface area contributed by atoms with E-state index in [1.807, 2.05) is 6.07 Å². The lowest BCUT2D eigenvalue weighted by Crippen LogP contribution is -2.36. The fraction of sp³-hybridized carbons (Fsp3) is 0.278. The van der Waals surface area contributed by atoms with E-state index in [9.17, 15) is 14.9 Å². The number of hydrogen-bond acceptors (Lipinski definition) is 6. The van der Waals surface area contributed by atoms with Crippen LogP contribution in [0.2, 0.25) is 5.02 Å². The number of nitrogens with zero attached hydrogens (tertiary/aromatic N) is 2. The van der Waals surface area contributed by atoms with Crippen LogP contribution in [0.5, 0.6) is 5.75 Å². The number of para-hydroxylation sites is 2. The molecule has 2 aromatic rings. The first-order chi connectivity index (χ1) is 13.0. The smallest absolute Gasteiger partial charge is 0.310 e. The number of carbonyl (C=O) groups is 1. The summed E-state index contributed by atoms with van der Waals surface area (Å²) < 4.78 is 10.6. The first kappa shape index (κ1) is 18.9. The lowest BCUT2D eigenvalue weighted by atomic mass is 10.2. The maximum absolute atomic E-state index is 12.1. The molecule has 1 fully saturated rings. The maximum atomic E-state index is 12.1. The number of hydrogen-bond donors (Lipinski definition) is 1. The van der Waals surface area contributed by atoms with Crippen molar-refractivity contribution in [3.8, 4) is 5.75 Å². The third kappa shape index (κ3) is 4.87. The minimum absolute atomic E-state index is 0.0401. The van der Waals surface area contributed by atoms with Crippen molar-refractivity contribution in [2.24, 2.45) is 0 Å². The van der Waals surface area contributed by atoms with Crippen molar-refractivity contribution in [1.29, 1.82) is 0 Å². The van der Waals surface area contributed by atoms with Crippen molar-refractivity contribution < 1.29 is 19.2 Å². The van der Waals surface area contributed by atoms with Crippen LogP contribution >= 0.6 is 11.6 Å². The predicted molar refractivity (Wildman–Crippen MR) is 102 cm³/mol. The van der Waals surface area contributed by atoms with Crippen LogP contribution in [0.3, 0.4) is 0 Å². The van der Waals surface area contributed by atoms with E-state index < -0.39 is 10.8 Å². The lowest BCUT2D eigenvalue weighted by Gasteiger charge is -2.29. The van der Waals surface area contributed by atoms with E-state index in [1.54, 1.807) is 18.2 Å². The van der Waals surface area contributed by atoms with Crippen LogP contribution in [0, 0.1) is 10.1 Å². The van der Waals surface area contributed by atoms with Crippen molar-refractivity contribution in [1.82, 2.24) is 0 Å². The number of ether oxygens (including phenoxy) is 2. The highest BCUT2D eigenvalue weighted by molar-refractivity contribution is 6.33. The van der Waals surface area contributed by atoms with Crippen LogP contribution in [0.25, 0.3) is 0 Å². The molecule has 9 heteroatoms. The zero-order valence-corrected chi connectivity index (χ0v) is 15.1. The van der Waals surface area contributed by atoms with Crippen LogP contribution in [0.1, 0.15) is 0 Å². The number of nitro benzene ring substituents is 1. The number of nitro groups is 1.